The standard InChI is InChI=1S/C4F8O2/c5-1(6)2(7,8)13-4(11,12)14-3(1,9)10. The molecular formula is C4F8O2. The summed E-state index contributed by atoms with van der Waals surface area (Å²) < 4.78 is 99.7. The molecule has 1 saturated heterocycles. The minimum atomic E-state index is -6.16. The van der Waals surface area contributed by atoms with Gasteiger partial charge in [-0.25, -0.2) is 9.47 Å². The Labute approximate surface area is 70.4 Å². The highest BCUT2D eigenvalue weighted by Crippen LogP contribution is 2.54. The average Bonchev–Trinajstić information content (AvgIpc) is 1.77. The molecule has 0 aromatic heterocycles. The molecule has 1 aliphatic rings. The van der Waals surface area contributed by atoms with Crippen molar-refractivity contribution in [1.29, 1.82) is 0 Å². The molecule has 0 bridgehead atoms. The van der Waals surface area contributed by atoms with Gasteiger partial charge < -0.3 is 0 Å². The summed E-state index contributed by atoms with van der Waals surface area (Å²) >= 11 is 0. The monoisotopic (exact) mass is 232 g/mol. The maximum absolute atomic E-state index is 12.0. The molecule has 0 radical (unpaired) electrons. The van der Waals surface area contributed by atoms with Gasteiger partial charge >= 0.3 is 24.4 Å². The Kier molecular flexibility index (Phi) is 2.03. The smallest absolute Gasteiger partial charge is 0.224 e. The first-order chi connectivity index (χ1) is 5.91. The Bertz CT molecular complexity index is 226. The lowest BCUT2D eigenvalue weighted by Crippen LogP contribution is -2.65. The Morgan fingerprint density at radius 2 is 0.857 bits per heavy atom. The number of ether oxygens (including phenoxy) is 2. The Morgan fingerprint density at radius 3 is 1.14 bits per heavy atom. The second-order valence-corrected chi connectivity index (χ2v) is 2.28. The van der Waals surface area contributed by atoms with Crippen LogP contribution in [-0.4, -0.2) is 24.4 Å². The van der Waals surface area contributed by atoms with E-state index >= 15 is 0 Å². The molecule has 1 heterocycles. The zero-order chi connectivity index (χ0) is 11.4. The van der Waals surface area contributed by atoms with Crippen LogP contribution in [0.25, 0.3) is 0 Å². The van der Waals surface area contributed by atoms with Gasteiger partial charge in [-0.1, -0.05) is 0 Å². The van der Waals surface area contributed by atoms with E-state index in [1.807, 2.05) is 0 Å². The molecule has 0 amide bonds. The van der Waals surface area contributed by atoms with E-state index in [4.69, 9.17) is 0 Å². The number of hydrogen-bond donors (Lipinski definition) is 0. The van der Waals surface area contributed by atoms with E-state index in [0.717, 1.165) is 0 Å². The molecule has 0 aromatic rings. The first-order valence-electron chi connectivity index (χ1n) is 2.83. The van der Waals surface area contributed by atoms with Gasteiger partial charge in [-0.05, 0) is 0 Å². The molecule has 0 atom stereocenters. The van der Waals surface area contributed by atoms with E-state index in [2.05, 4.69) is 9.47 Å². The Hall–Kier alpha value is -0.640. The van der Waals surface area contributed by atoms with Gasteiger partial charge in [-0.15, -0.1) is 8.78 Å². The minimum Gasteiger partial charge on any atom is -0.224 e. The normalized spacial score (nSPS) is 32.6. The van der Waals surface area contributed by atoms with Crippen molar-refractivity contribution in [3.05, 3.63) is 0 Å². The maximum atomic E-state index is 12.0. The summed E-state index contributed by atoms with van der Waals surface area (Å²) in [5, 5.41) is 0. The lowest BCUT2D eigenvalue weighted by Gasteiger charge is -2.38. The van der Waals surface area contributed by atoms with Crippen LogP contribution < -0.4 is 0 Å². The lowest BCUT2D eigenvalue weighted by molar-refractivity contribution is -0.614. The maximum Gasteiger partial charge on any atom is 0.495 e. The van der Waals surface area contributed by atoms with Crippen LogP contribution in [0, 0.1) is 0 Å². The van der Waals surface area contributed by atoms with Gasteiger partial charge in [-0.2, -0.15) is 26.3 Å². The molecule has 1 rings (SSSR count). The molecule has 1 fully saturated rings. The van der Waals surface area contributed by atoms with Crippen LogP contribution in [-0.2, 0) is 9.47 Å². The van der Waals surface area contributed by atoms with Crippen LogP contribution in [0.2, 0.25) is 0 Å². The highest BCUT2D eigenvalue weighted by molar-refractivity contribution is 4.89. The highest BCUT2D eigenvalue weighted by Gasteiger charge is 2.82. The molecule has 14 heavy (non-hydrogen) atoms. The molecule has 1 aliphatic heterocycles. The predicted octanol–water partition coefficient (Wildman–Crippen LogP) is 2.40. The van der Waals surface area contributed by atoms with Crippen molar-refractivity contribution in [3.8, 4) is 0 Å². The summed E-state index contributed by atoms with van der Waals surface area (Å²) in [5.41, 5.74) is 0. The number of halogens is 8. The quantitative estimate of drug-likeness (QED) is 0.597. The van der Waals surface area contributed by atoms with E-state index in [0.29, 0.717) is 0 Å². The summed E-state index contributed by atoms with van der Waals surface area (Å²) in [7, 11) is 0. The van der Waals surface area contributed by atoms with Gasteiger partial charge in [0.2, 0.25) is 0 Å². The predicted molar refractivity (Wildman–Crippen MR) is 22.0 cm³/mol. The van der Waals surface area contributed by atoms with Crippen LogP contribution in [0.1, 0.15) is 0 Å². The Morgan fingerprint density at radius 1 is 0.571 bits per heavy atom. The zero-order valence-corrected chi connectivity index (χ0v) is 5.84. The van der Waals surface area contributed by atoms with Gasteiger partial charge in [0.25, 0.3) is 0 Å². The highest BCUT2D eigenvalue weighted by atomic mass is 19.4. The molecule has 2 nitrogen and oxygen atoms in total. The molecule has 84 valence electrons. The van der Waals surface area contributed by atoms with Gasteiger partial charge in [0, 0.05) is 0 Å². The fourth-order valence-corrected chi connectivity index (χ4v) is 0.617. The van der Waals surface area contributed by atoms with Crippen LogP contribution in [0.15, 0.2) is 0 Å². The molecular weight excluding hydrogens is 232 g/mol. The molecule has 0 aromatic carbocycles. The van der Waals surface area contributed by atoms with Crippen molar-refractivity contribution in [3.63, 3.8) is 0 Å². The third-order valence-electron chi connectivity index (χ3n) is 1.23. The molecule has 0 aliphatic carbocycles. The van der Waals surface area contributed by atoms with Crippen molar-refractivity contribution >= 4 is 0 Å². The molecule has 0 spiro atoms. The van der Waals surface area contributed by atoms with E-state index < -0.39 is 24.4 Å². The average molecular weight is 232 g/mol. The second kappa shape index (κ2) is 2.48. The Balaban J connectivity index is 3.13. The van der Waals surface area contributed by atoms with Crippen LogP contribution in [0.4, 0.5) is 35.1 Å². The third-order valence-corrected chi connectivity index (χ3v) is 1.23. The first kappa shape index (κ1) is 11.4. The summed E-state index contributed by atoms with van der Waals surface area (Å²) in [4.78, 5) is 0. The van der Waals surface area contributed by atoms with Crippen molar-refractivity contribution in [2.24, 2.45) is 0 Å². The zero-order valence-electron chi connectivity index (χ0n) is 5.84. The summed E-state index contributed by atoms with van der Waals surface area (Å²) in [6.07, 6.45) is -17.5. The SMILES string of the molecule is FC1(F)OC(F)(F)C(F)(F)C(F)(F)O1. The topological polar surface area (TPSA) is 18.5 Å². The lowest BCUT2D eigenvalue weighted by atomic mass is 10.3. The molecule has 0 saturated carbocycles. The van der Waals surface area contributed by atoms with E-state index in [9.17, 15) is 35.1 Å². The van der Waals surface area contributed by atoms with Gasteiger partial charge in [0.1, 0.15) is 0 Å². The first-order valence-corrected chi connectivity index (χ1v) is 2.83. The van der Waals surface area contributed by atoms with Crippen molar-refractivity contribution in [2.45, 2.75) is 24.4 Å². The fraction of sp³-hybridized carbons (Fsp3) is 1.00. The van der Waals surface area contributed by atoms with E-state index in [1.165, 1.54) is 0 Å². The summed E-state index contributed by atoms with van der Waals surface area (Å²) in [5.74, 6) is -6.16. The van der Waals surface area contributed by atoms with Crippen LogP contribution >= 0.6 is 0 Å². The fourth-order valence-electron chi connectivity index (χ4n) is 0.617. The number of alkyl halides is 8. The van der Waals surface area contributed by atoms with E-state index in [1.54, 1.807) is 0 Å². The molecule has 10 heteroatoms. The summed E-state index contributed by atoms with van der Waals surface area (Å²) in [6, 6.07) is 0. The van der Waals surface area contributed by atoms with Crippen molar-refractivity contribution in [2.75, 3.05) is 0 Å². The van der Waals surface area contributed by atoms with E-state index in [-0.39, 0.29) is 0 Å². The van der Waals surface area contributed by atoms with Gasteiger partial charge in [0.15, 0.2) is 0 Å². The molecule has 0 N–H and O–H groups in total. The van der Waals surface area contributed by atoms with Gasteiger partial charge in [-0.3, -0.25) is 0 Å². The minimum absolute atomic E-state index is 2.09. The largest absolute Gasteiger partial charge is 0.495 e. The van der Waals surface area contributed by atoms with Gasteiger partial charge in [0.05, 0.1) is 0 Å². The van der Waals surface area contributed by atoms with Crippen molar-refractivity contribution < 1.29 is 44.6 Å². The number of hydrogen-bond acceptors (Lipinski definition) is 2. The second-order valence-electron chi connectivity index (χ2n) is 2.28. The third kappa shape index (κ3) is 1.41. The summed E-state index contributed by atoms with van der Waals surface area (Å²) in [6.45, 7) is 0. The van der Waals surface area contributed by atoms with Crippen LogP contribution in [0.3, 0.4) is 0 Å². The molecule has 0 unspecified atom stereocenters. The van der Waals surface area contributed by atoms with Crippen molar-refractivity contribution in [1.82, 2.24) is 0 Å². The van der Waals surface area contributed by atoms with Crippen LogP contribution in [0.5, 0.6) is 0 Å². The number of rotatable bonds is 0.